The number of rotatable bonds is 2. The maximum atomic E-state index is 5.64. The Bertz CT molecular complexity index is 424. The summed E-state index contributed by atoms with van der Waals surface area (Å²) in [4.78, 5) is 0. The molecule has 0 aliphatic rings. The third-order valence-electron chi connectivity index (χ3n) is 1.96. The van der Waals surface area contributed by atoms with E-state index in [-0.39, 0.29) is 0 Å². The molecule has 0 aliphatic carbocycles. The van der Waals surface area contributed by atoms with Crippen molar-refractivity contribution < 1.29 is 0 Å². The lowest BCUT2D eigenvalue weighted by Crippen LogP contribution is -2.03. The van der Waals surface area contributed by atoms with Crippen LogP contribution in [0.2, 0.25) is 0 Å². The van der Waals surface area contributed by atoms with Gasteiger partial charge in [0.05, 0.1) is 5.69 Å². The first-order chi connectivity index (χ1) is 6.81. The largest absolute Gasteiger partial charge is 0.326 e. The molecule has 0 atom stereocenters. The molecule has 4 nitrogen and oxygen atoms in total. The monoisotopic (exact) mass is 252 g/mol. The lowest BCUT2D eigenvalue weighted by atomic mass is 10.2. The van der Waals surface area contributed by atoms with Crippen molar-refractivity contribution in [2.45, 2.75) is 6.54 Å². The summed E-state index contributed by atoms with van der Waals surface area (Å²) in [5.74, 6) is 0. The maximum Gasteiger partial charge on any atom is 0.123 e. The third-order valence-corrected chi connectivity index (χ3v) is 2.46. The zero-order valence-electron chi connectivity index (χ0n) is 7.39. The molecule has 0 radical (unpaired) electrons. The van der Waals surface area contributed by atoms with E-state index in [0.29, 0.717) is 6.54 Å². The highest BCUT2D eigenvalue weighted by molar-refractivity contribution is 9.10. The molecule has 0 amide bonds. The third kappa shape index (κ3) is 1.69. The van der Waals surface area contributed by atoms with Crippen molar-refractivity contribution >= 4 is 15.9 Å². The quantitative estimate of drug-likeness (QED) is 0.882. The Morgan fingerprint density at radius 3 is 2.64 bits per heavy atom. The van der Waals surface area contributed by atoms with Crippen LogP contribution in [0, 0.1) is 0 Å². The van der Waals surface area contributed by atoms with Crippen LogP contribution in [0.4, 0.5) is 0 Å². The van der Waals surface area contributed by atoms with E-state index in [4.69, 9.17) is 5.73 Å². The fraction of sp³-hybridized carbons (Fsp3) is 0.111. The van der Waals surface area contributed by atoms with Gasteiger partial charge in [-0.3, -0.25) is 4.57 Å². The van der Waals surface area contributed by atoms with E-state index >= 15 is 0 Å². The molecule has 72 valence electrons. The molecule has 0 aliphatic heterocycles. The SMILES string of the molecule is NCc1ccc(Br)cc1-n1cnnc1. The number of nitrogens with zero attached hydrogens (tertiary/aromatic N) is 3. The second-order valence-electron chi connectivity index (χ2n) is 2.85. The Kier molecular flexibility index (Phi) is 2.60. The number of hydrogen-bond acceptors (Lipinski definition) is 3. The minimum absolute atomic E-state index is 0.501. The van der Waals surface area contributed by atoms with Crippen LogP contribution in [-0.4, -0.2) is 14.8 Å². The van der Waals surface area contributed by atoms with Gasteiger partial charge in [-0.2, -0.15) is 0 Å². The highest BCUT2D eigenvalue weighted by Gasteiger charge is 2.03. The Labute approximate surface area is 89.9 Å². The summed E-state index contributed by atoms with van der Waals surface area (Å²) >= 11 is 3.42. The summed E-state index contributed by atoms with van der Waals surface area (Å²) in [5.41, 5.74) is 7.71. The summed E-state index contributed by atoms with van der Waals surface area (Å²) < 4.78 is 2.85. The van der Waals surface area contributed by atoms with Crippen molar-refractivity contribution in [3.63, 3.8) is 0 Å². The van der Waals surface area contributed by atoms with Crippen molar-refractivity contribution in [3.05, 3.63) is 40.9 Å². The first kappa shape index (κ1) is 9.36. The summed E-state index contributed by atoms with van der Waals surface area (Å²) in [6.07, 6.45) is 3.31. The molecule has 1 aromatic carbocycles. The Balaban J connectivity index is 2.55. The molecular formula is C9H9BrN4. The van der Waals surface area contributed by atoms with Gasteiger partial charge in [0.1, 0.15) is 12.7 Å². The minimum Gasteiger partial charge on any atom is -0.326 e. The van der Waals surface area contributed by atoms with Gasteiger partial charge in [-0.15, -0.1) is 10.2 Å². The molecular weight excluding hydrogens is 244 g/mol. The van der Waals surface area contributed by atoms with Crippen molar-refractivity contribution in [1.82, 2.24) is 14.8 Å². The fourth-order valence-corrected chi connectivity index (χ4v) is 1.62. The van der Waals surface area contributed by atoms with Gasteiger partial charge in [0.25, 0.3) is 0 Å². The van der Waals surface area contributed by atoms with Crippen LogP contribution < -0.4 is 5.73 Å². The Morgan fingerprint density at radius 1 is 1.29 bits per heavy atom. The first-order valence-corrected chi connectivity index (χ1v) is 4.94. The standard InChI is InChI=1S/C9H9BrN4/c10-8-2-1-7(4-11)9(3-8)14-5-12-13-6-14/h1-3,5-6H,4,11H2. The van der Waals surface area contributed by atoms with Gasteiger partial charge in [0.15, 0.2) is 0 Å². The number of hydrogen-bond donors (Lipinski definition) is 1. The van der Waals surface area contributed by atoms with Gasteiger partial charge < -0.3 is 5.73 Å². The summed E-state index contributed by atoms with van der Waals surface area (Å²) in [6.45, 7) is 0.501. The molecule has 0 unspecified atom stereocenters. The van der Waals surface area contributed by atoms with Crippen molar-refractivity contribution in [2.24, 2.45) is 5.73 Å². The van der Waals surface area contributed by atoms with E-state index in [2.05, 4.69) is 26.1 Å². The van der Waals surface area contributed by atoms with Crippen LogP contribution >= 0.6 is 15.9 Å². The molecule has 0 saturated heterocycles. The van der Waals surface area contributed by atoms with E-state index in [1.165, 1.54) is 0 Å². The van der Waals surface area contributed by atoms with Crippen LogP contribution in [0.15, 0.2) is 35.3 Å². The fourth-order valence-electron chi connectivity index (χ4n) is 1.28. The normalized spacial score (nSPS) is 10.4. The predicted molar refractivity (Wildman–Crippen MR) is 57.0 cm³/mol. The van der Waals surface area contributed by atoms with Crippen LogP contribution in [0.25, 0.3) is 5.69 Å². The van der Waals surface area contributed by atoms with Crippen LogP contribution in [0.1, 0.15) is 5.56 Å². The van der Waals surface area contributed by atoms with Crippen molar-refractivity contribution in [3.8, 4) is 5.69 Å². The lowest BCUT2D eigenvalue weighted by molar-refractivity contribution is 0.980. The molecule has 5 heteroatoms. The van der Waals surface area contributed by atoms with E-state index in [1.807, 2.05) is 22.8 Å². The average Bonchev–Trinajstić information content (AvgIpc) is 2.70. The van der Waals surface area contributed by atoms with Crippen molar-refractivity contribution in [2.75, 3.05) is 0 Å². The first-order valence-electron chi connectivity index (χ1n) is 4.15. The highest BCUT2D eigenvalue weighted by Crippen LogP contribution is 2.19. The van der Waals surface area contributed by atoms with Gasteiger partial charge >= 0.3 is 0 Å². The number of nitrogens with two attached hydrogens (primary N) is 1. The zero-order valence-corrected chi connectivity index (χ0v) is 8.98. The zero-order chi connectivity index (χ0) is 9.97. The molecule has 14 heavy (non-hydrogen) atoms. The molecule has 0 spiro atoms. The Hall–Kier alpha value is -1.20. The second kappa shape index (κ2) is 3.89. The summed E-state index contributed by atoms with van der Waals surface area (Å²) in [7, 11) is 0. The smallest absolute Gasteiger partial charge is 0.123 e. The van der Waals surface area contributed by atoms with E-state index in [1.54, 1.807) is 12.7 Å². The van der Waals surface area contributed by atoms with Gasteiger partial charge in [0, 0.05) is 11.0 Å². The Morgan fingerprint density at radius 2 is 2.00 bits per heavy atom. The van der Waals surface area contributed by atoms with E-state index in [9.17, 15) is 0 Å². The molecule has 2 aromatic rings. The van der Waals surface area contributed by atoms with Crippen LogP contribution in [0.3, 0.4) is 0 Å². The van der Waals surface area contributed by atoms with E-state index < -0.39 is 0 Å². The van der Waals surface area contributed by atoms with Gasteiger partial charge in [-0.1, -0.05) is 22.0 Å². The van der Waals surface area contributed by atoms with Gasteiger partial charge in [0.2, 0.25) is 0 Å². The molecule has 2 rings (SSSR count). The lowest BCUT2D eigenvalue weighted by Gasteiger charge is -2.07. The van der Waals surface area contributed by atoms with E-state index in [0.717, 1.165) is 15.7 Å². The number of benzene rings is 1. The number of halogens is 1. The van der Waals surface area contributed by atoms with Crippen molar-refractivity contribution in [1.29, 1.82) is 0 Å². The second-order valence-corrected chi connectivity index (χ2v) is 3.76. The van der Waals surface area contributed by atoms with Crippen LogP contribution in [-0.2, 0) is 6.54 Å². The maximum absolute atomic E-state index is 5.64. The van der Waals surface area contributed by atoms with Gasteiger partial charge in [-0.05, 0) is 17.7 Å². The highest BCUT2D eigenvalue weighted by atomic mass is 79.9. The molecule has 1 aromatic heterocycles. The molecule has 1 heterocycles. The van der Waals surface area contributed by atoms with Crippen LogP contribution in [0.5, 0.6) is 0 Å². The van der Waals surface area contributed by atoms with Gasteiger partial charge in [-0.25, -0.2) is 0 Å². The number of aromatic nitrogens is 3. The topological polar surface area (TPSA) is 56.7 Å². The molecule has 2 N–H and O–H groups in total. The summed E-state index contributed by atoms with van der Waals surface area (Å²) in [6, 6.07) is 5.95. The molecule has 0 saturated carbocycles. The minimum atomic E-state index is 0.501. The summed E-state index contributed by atoms with van der Waals surface area (Å²) in [5, 5.41) is 7.52. The molecule has 0 bridgehead atoms. The predicted octanol–water partition coefficient (Wildman–Crippen LogP) is 1.49. The average molecular weight is 253 g/mol. The molecule has 0 fully saturated rings.